The lowest BCUT2D eigenvalue weighted by molar-refractivity contribution is 1.08. The van der Waals surface area contributed by atoms with Crippen LogP contribution in [-0.4, -0.2) is 18.9 Å². The molecule has 46 heavy (non-hydrogen) atoms. The Hall–Kier alpha value is -6.26. The Bertz CT molecular complexity index is 3030. The van der Waals surface area contributed by atoms with Crippen LogP contribution in [0.2, 0.25) is 0 Å². The van der Waals surface area contributed by atoms with E-state index in [1.807, 2.05) is 0 Å². The van der Waals surface area contributed by atoms with Crippen LogP contribution in [0.25, 0.3) is 98.8 Å². The lowest BCUT2D eigenvalue weighted by Crippen LogP contribution is -2.03. The Kier molecular flexibility index (Phi) is 4.55. The van der Waals surface area contributed by atoms with Crippen molar-refractivity contribution in [2.75, 3.05) is 0 Å². The third kappa shape index (κ3) is 2.98. The number of aromatic nitrogens is 4. The predicted octanol–water partition coefficient (Wildman–Crippen LogP) is 10.7. The summed E-state index contributed by atoms with van der Waals surface area (Å²) in [7, 11) is 0. The summed E-state index contributed by atoms with van der Waals surface area (Å²) in [6, 6.07) is 52.1. The number of fused-ring (bicyclic) bond motifs is 12. The fourth-order valence-electron chi connectivity index (χ4n) is 7.95. The van der Waals surface area contributed by atoms with Gasteiger partial charge in [0.05, 0.1) is 33.1 Å². The van der Waals surface area contributed by atoms with Crippen molar-refractivity contribution in [1.82, 2.24) is 18.9 Å². The molecular weight excluding hydrogens is 560 g/mol. The molecule has 0 bridgehead atoms. The van der Waals surface area contributed by atoms with Crippen LogP contribution >= 0.6 is 0 Å². The number of para-hydroxylation sites is 4. The summed E-state index contributed by atoms with van der Waals surface area (Å²) in [6.45, 7) is 0. The van der Waals surface area contributed by atoms with E-state index in [1.54, 1.807) is 0 Å². The van der Waals surface area contributed by atoms with Gasteiger partial charge in [-0.3, -0.25) is 4.57 Å². The maximum absolute atomic E-state index is 5.48. The normalized spacial score (nSPS) is 12.3. The van der Waals surface area contributed by atoms with Gasteiger partial charge in [-0.05, 0) is 47.2 Å². The van der Waals surface area contributed by atoms with Gasteiger partial charge in [0, 0.05) is 43.3 Å². The van der Waals surface area contributed by atoms with Crippen molar-refractivity contribution in [2.24, 2.45) is 0 Å². The van der Waals surface area contributed by atoms with Gasteiger partial charge in [-0.2, -0.15) is 0 Å². The number of rotatable bonds is 2. The zero-order chi connectivity index (χ0) is 29.9. The van der Waals surface area contributed by atoms with Crippen LogP contribution in [0.15, 0.2) is 146 Å². The Labute approximate surface area is 262 Å². The average molecular weight is 585 g/mol. The van der Waals surface area contributed by atoms with Crippen molar-refractivity contribution in [3.63, 3.8) is 0 Å². The molecule has 4 nitrogen and oxygen atoms in total. The summed E-state index contributed by atoms with van der Waals surface area (Å²) in [5.41, 5.74) is 7.97. The first-order chi connectivity index (χ1) is 22.8. The minimum absolute atomic E-state index is 0.725. The lowest BCUT2D eigenvalue weighted by atomic mass is 10.0. The molecule has 0 aliphatic carbocycles. The van der Waals surface area contributed by atoms with Gasteiger partial charge in [0.1, 0.15) is 5.82 Å². The number of hydrogen-bond acceptors (Lipinski definition) is 2. The maximum Gasteiger partial charge on any atom is 0.162 e. The number of benzene rings is 7. The highest BCUT2D eigenvalue weighted by atomic mass is 15.1. The number of hydrogen-bond donors (Lipinski definition) is 0. The second-order valence-electron chi connectivity index (χ2n) is 12.2. The molecule has 0 N–H and O–H groups in total. The summed E-state index contributed by atoms with van der Waals surface area (Å²) in [4.78, 5) is 10.6. The molecule has 0 saturated heterocycles. The van der Waals surface area contributed by atoms with Crippen molar-refractivity contribution in [1.29, 1.82) is 0 Å². The van der Waals surface area contributed by atoms with Gasteiger partial charge in [0.15, 0.2) is 5.82 Å². The molecule has 212 valence electrons. The fraction of sp³-hybridized carbons (Fsp3) is 0. The average Bonchev–Trinajstić information content (AvgIpc) is 3.75. The molecular formula is C42H24N4. The monoisotopic (exact) mass is 584 g/mol. The van der Waals surface area contributed by atoms with E-state index in [0.717, 1.165) is 39.0 Å². The molecule has 0 aliphatic rings. The number of nitrogens with zero attached hydrogens (tertiary/aromatic N) is 4. The zero-order valence-corrected chi connectivity index (χ0v) is 24.6. The van der Waals surface area contributed by atoms with Crippen molar-refractivity contribution < 1.29 is 0 Å². The highest BCUT2D eigenvalue weighted by molar-refractivity contribution is 6.34. The van der Waals surface area contributed by atoms with E-state index in [0.29, 0.717) is 0 Å². The Morgan fingerprint density at radius 1 is 0.413 bits per heavy atom. The molecule has 0 fully saturated rings. The van der Waals surface area contributed by atoms with Gasteiger partial charge in [-0.15, -0.1) is 0 Å². The van der Waals surface area contributed by atoms with E-state index in [9.17, 15) is 0 Å². The van der Waals surface area contributed by atoms with E-state index in [2.05, 4.69) is 155 Å². The van der Waals surface area contributed by atoms with Crippen LogP contribution < -0.4 is 0 Å². The van der Waals surface area contributed by atoms with Crippen molar-refractivity contribution >= 4 is 81.6 Å². The first-order valence-corrected chi connectivity index (χ1v) is 15.7. The molecule has 0 saturated carbocycles. The van der Waals surface area contributed by atoms with E-state index >= 15 is 0 Å². The molecule has 4 heteroatoms. The van der Waals surface area contributed by atoms with E-state index in [-0.39, 0.29) is 0 Å². The van der Waals surface area contributed by atoms with Gasteiger partial charge in [0.25, 0.3) is 0 Å². The smallest absolute Gasteiger partial charge is 0.162 e. The van der Waals surface area contributed by atoms with Crippen molar-refractivity contribution in [2.45, 2.75) is 0 Å². The molecule has 11 aromatic rings. The van der Waals surface area contributed by atoms with Crippen LogP contribution in [0.4, 0.5) is 0 Å². The van der Waals surface area contributed by atoms with Gasteiger partial charge >= 0.3 is 0 Å². The molecule has 0 amide bonds. The zero-order valence-electron chi connectivity index (χ0n) is 24.6. The topological polar surface area (TPSA) is 35.1 Å². The minimum Gasteiger partial charge on any atom is -0.308 e. The third-order valence-corrected chi connectivity index (χ3v) is 9.83. The fourth-order valence-corrected chi connectivity index (χ4v) is 7.95. The molecule has 7 aromatic carbocycles. The summed E-state index contributed by atoms with van der Waals surface area (Å²) in [5, 5.41) is 10.8. The minimum atomic E-state index is 0.725. The molecule has 11 rings (SSSR count). The Morgan fingerprint density at radius 3 is 1.83 bits per heavy atom. The van der Waals surface area contributed by atoms with Gasteiger partial charge in [0.2, 0.25) is 0 Å². The maximum atomic E-state index is 5.48. The first-order valence-electron chi connectivity index (χ1n) is 15.7. The summed E-state index contributed by atoms with van der Waals surface area (Å²) < 4.78 is 4.86. The molecule has 0 spiro atoms. The van der Waals surface area contributed by atoms with Crippen LogP contribution in [0, 0.1) is 0 Å². The lowest BCUT2D eigenvalue weighted by Gasteiger charge is -2.14. The molecule has 0 radical (unpaired) electrons. The molecule has 4 heterocycles. The molecule has 4 aromatic heterocycles. The quantitative estimate of drug-likeness (QED) is 0.203. The molecule has 0 atom stereocenters. The van der Waals surface area contributed by atoms with Crippen LogP contribution in [0.5, 0.6) is 0 Å². The van der Waals surface area contributed by atoms with E-state index in [4.69, 9.17) is 9.97 Å². The third-order valence-electron chi connectivity index (χ3n) is 9.83. The van der Waals surface area contributed by atoms with Crippen LogP contribution in [0.3, 0.4) is 0 Å². The first kappa shape index (κ1) is 24.1. The Morgan fingerprint density at radius 2 is 1.00 bits per heavy atom. The van der Waals surface area contributed by atoms with Crippen molar-refractivity contribution in [3.05, 3.63) is 146 Å². The van der Waals surface area contributed by atoms with Gasteiger partial charge in [-0.25, -0.2) is 9.97 Å². The van der Waals surface area contributed by atoms with Crippen molar-refractivity contribution in [3.8, 4) is 17.2 Å². The standard InChI is InChI=1S/C42H24N4/c1-2-14-26-25(12-1)13-11-19-29(26)41-43-34-20-7-3-17-30(34)42(44-41)46-36-22-9-5-16-28(36)33-24-32-27-15-4-8-21-35(27)45-37-23-10-6-18-31(37)38(39(32)45)40(33)46/h1-24H. The second kappa shape index (κ2) is 8.68. The van der Waals surface area contributed by atoms with Crippen LogP contribution in [-0.2, 0) is 0 Å². The molecule has 0 unspecified atom stereocenters. The highest BCUT2D eigenvalue weighted by Gasteiger charge is 2.25. The summed E-state index contributed by atoms with van der Waals surface area (Å²) >= 11 is 0. The second-order valence-corrected chi connectivity index (χ2v) is 12.2. The van der Waals surface area contributed by atoms with E-state index in [1.165, 1.54) is 59.8 Å². The SMILES string of the molecule is c1ccc2c(-c3nc(-n4c5ccccc5c5cc6c7ccccc7n7c8ccccc8c(c54)c67)c4ccccc4n3)cccc2c1. The largest absolute Gasteiger partial charge is 0.308 e. The van der Waals surface area contributed by atoms with Crippen LogP contribution in [0.1, 0.15) is 0 Å². The molecule has 0 aliphatic heterocycles. The Balaban J connectivity index is 1.38. The summed E-state index contributed by atoms with van der Waals surface area (Å²) in [5.74, 6) is 1.62. The van der Waals surface area contributed by atoms with Gasteiger partial charge < -0.3 is 4.40 Å². The van der Waals surface area contributed by atoms with E-state index < -0.39 is 0 Å². The van der Waals surface area contributed by atoms with Gasteiger partial charge in [-0.1, -0.05) is 109 Å². The highest BCUT2D eigenvalue weighted by Crippen LogP contribution is 2.46. The predicted molar refractivity (Wildman–Crippen MR) is 191 cm³/mol. The summed E-state index contributed by atoms with van der Waals surface area (Å²) in [6.07, 6.45) is 0.